The molecule has 1 saturated heterocycles. The van der Waals surface area contributed by atoms with E-state index in [-0.39, 0.29) is 12.5 Å². The highest BCUT2D eigenvalue weighted by atomic mass is 32.2. The summed E-state index contributed by atoms with van der Waals surface area (Å²) in [6.07, 6.45) is 1.91. The molecule has 1 aromatic rings. The molecule has 0 spiro atoms. The number of amides is 1. The predicted molar refractivity (Wildman–Crippen MR) is 94.3 cm³/mol. The molecule has 2 aliphatic heterocycles. The third-order valence-electron chi connectivity index (χ3n) is 4.04. The molecule has 23 heavy (non-hydrogen) atoms. The summed E-state index contributed by atoms with van der Waals surface area (Å²) in [6, 6.07) is 8.11. The Kier molecular flexibility index (Phi) is 5.15. The first-order valence-corrected chi connectivity index (χ1v) is 8.65. The van der Waals surface area contributed by atoms with Crippen molar-refractivity contribution in [3.63, 3.8) is 0 Å². The fourth-order valence-corrected chi connectivity index (χ4v) is 3.62. The molecule has 0 bridgehead atoms. The minimum absolute atomic E-state index is 0.150. The van der Waals surface area contributed by atoms with E-state index >= 15 is 0 Å². The molecular weight excluding hydrogens is 310 g/mol. The van der Waals surface area contributed by atoms with Crippen LogP contribution in [0.2, 0.25) is 0 Å². The summed E-state index contributed by atoms with van der Waals surface area (Å²) in [5, 5.41) is 9.79. The van der Waals surface area contributed by atoms with Crippen LogP contribution in [0.4, 0.5) is 0 Å². The van der Waals surface area contributed by atoms with Crippen LogP contribution in [0.1, 0.15) is 11.1 Å². The molecule has 0 saturated carbocycles. The number of rotatable bonds is 3. The summed E-state index contributed by atoms with van der Waals surface area (Å²) in [6.45, 7) is 6.43. The number of hydrogen-bond acceptors (Lipinski definition) is 5. The standard InChI is InChI=1S/C17H21N3O2S/c1-13-2-4-14(5-3-13)12-15-16(22)18-17(23-15)20-8-6-19(7-9-20)10-11-21/h2-5,12,21H,6-11H2,1H3/b15-12-. The Morgan fingerprint density at radius 3 is 2.57 bits per heavy atom. The van der Waals surface area contributed by atoms with E-state index < -0.39 is 0 Å². The molecule has 5 nitrogen and oxygen atoms in total. The van der Waals surface area contributed by atoms with Crippen LogP contribution in [0.15, 0.2) is 34.2 Å². The maximum absolute atomic E-state index is 12.1. The molecule has 3 rings (SSSR count). The quantitative estimate of drug-likeness (QED) is 0.852. The second-order valence-electron chi connectivity index (χ2n) is 5.77. The summed E-state index contributed by atoms with van der Waals surface area (Å²) < 4.78 is 0. The number of aliphatic imine (C=N–C) groups is 1. The Bertz CT molecular complexity index is 632. The molecule has 0 aliphatic carbocycles. The van der Waals surface area contributed by atoms with E-state index in [1.54, 1.807) is 0 Å². The maximum atomic E-state index is 12.1. The van der Waals surface area contributed by atoms with E-state index in [9.17, 15) is 4.79 Å². The molecule has 1 N–H and O–H groups in total. The van der Waals surface area contributed by atoms with Crippen molar-refractivity contribution in [3.8, 4) is 0 Å². The van der Waals surface area contributed by atoms with Crippen LogP contribution >= 0.6 is 11.8 Å². The minimum Gasteiger partial charge on any atom is -0.395 e. The van der Waals surface area contributed by atoms with Crippen molar-refractivity contribution < 1.29 is 9.90 Å². The highest BCUT2D eigenvalue weighted by Gasteiger charge is 2.28. The van der Waals surface area contributed by atoms with Crippen molar-refractivity contribution in [1.29, 1.82) is 0 Å². The fourth-order valence-electron chi connectivity index (χ4n) is 2.65. The summed E-state index contributed by atoms with van der Waals surface area (Å²) in [5.41, 5.74) is 2.23. The van der Waals surface area contributed by atoms with Gasteiger partial charge in [0.1, 0.15) is 0 Å². The molecule has 1 aromatic carbocycles. The third kappa shape index (κ3) is 4.02. The zero-order valence-corrected chi connectivity index (χ0v) is 14.1. The normalized spacial score (nSPS) is 21.1. The highest BCUT2D eigenvalue weighted by Crippen LogP contribution is 2.30. The van der Waals surface area contributed by atoms with Crippen LogP contribution in [0.3, 0.4) is 0 Å². The summed E-state index contributed by atoms with van der Waals surface area (Å²) >= 11 is 1.46. The van der Waals surface area contributed by atoms with Gasteiger partial charge in [0.2, 0.25) is 0 Å². The van der Waals surface area contributed by atoms with Gasteiger partial charge in [0.15, 0.2) is 5.17 Å². The average Bonchev–Trinajstić information content (AvgIpc) is 2.92. The number of aliphatic hydroxyl groups excluding tert-OH is 1. The van der Waals surface area contributed by atoms with E-state index in [1.165, 1.54) is 17.3 Å². The number of carbonyl (C=O) groups excluding carboxylic acids is 1. The first kappa shape index (κ1) is 16.2. The second-order valence-corrected chi connectivity index (χ2v) is 6.78. The number of nitrogens with zero attached hydrogens (tertiary/aromatic N) is 3. The Hall–Kier alpha value is -1.63. The molecule has 122 valence electrons. The van der Waals surface area contributed by atoms with E-state index in [2.05, 4.69) is 14.8 Å². The largest absolute Gasteiger partial charge is 0.395 e. The lowest BCUT2D eigenvalue weighted by Gasteiger charge is -2.34. The Labute approximate surface area is 140 Å². The molecule has 1 fully saturated rings. The van der Waals surface area contributed by atoms with Gasteiger partial charge in [-0.15, -0.1) is 0 Å². The third-order valence-corrected chi connectivity index (χ3v) is 5.09. The molecule has 0 atom stereocenters. The van der Waals surface area contributed by atoms with Crippen molar-refractivity contribution in [2.45, 2.75) is 6.92 Å². The lowest BCUT2D eigenvalue weighted by atomic mass is 10.1. The monoisotopic (exact) mass is 331 g/mol. The topological polar surface area (TPSA) is 56.1 Å². The summed E-state index contributed by atoms with van der Waals surface area (Å²) in [4.78, 5) is 21.4. The molecular formula is C17H21N3O2S. The molecule has 0 unspecified atom stereocenters. The van der Waals surface area contributed by atoms with Crippen molar-refractivity contribution >= 4 is 28.9 Å². The van der Waals surface area contributed by atoms with E-state index in [4.69, 9.17) is 5.11 Å². The minimum atomic E-state index is -0.150. The van der Waals surface area contributed by atoms with Gasteiger partial charge in [-0.2, -0.15) is 4.99 Å². The van der Waals surface area contributed by atoms with Crippen LogP contribution in [0.5, 0.6) is 0 Å². The maximum Gasteiger partial charge on any atom is 0.286 e. The molecule has 0 aromatic heterocycles. The Morgan fingerprint density at radius 1 is 1.22 bits per heavy atom. The SMILES string of the molecule is Cc1ccc(/C=C2\SC(N3CCN(CCO)CC3)=NC2=O)cc1. The smallest absolute Gasteiger partial charge is 0.286 e. The number of thioether (sulfide) groups is 1. The van der Waals surface area contributed by atoms with Crippen molar-refractivity contribution in [2.75, 3.05) is 39.3 Å². The lowest BCUT2D eigenvalue weighted by Crippen LogP contribution is -2.48. The van der Waals surface area contributed by atoms with E-state index in [0.717, 1.165) is 36.9 Å². The van der Waals surface area contributed by atoms with Crippen LogP contribution in [0, 0.1) is 6.92 Å². The number of piperazine rings is 1. The molecule has 1 amide bonds. The van der Waals surface area contributed by atoms with Crippen molar-refractivity contribution in [1.82, 2.24) is 9.80 Å². The van der Waals surface area contributed by atoms with Gasteiger partial charge in [-0.25, -0.2) is 0 Å². The fraction of sp³-hybridized carbons (Fsp3) is 0.412. The Balaban J connectivity index is 1.63. The number of aryl methyl sites for hydroxylation is 1. The molecule has 2 heterocycles. The number of carbonyl (C=O) groups is 1. The zero-order chi connectivity index (χ0) is 16.2. The molecule has 2 aliphatic rings. The highest BCUT2D eigenvalue weighted by molar-refractivity contribution is 8.18. The summed E-state index contributed by atoms with van der Waals surface area (Å²) in [7, 11) is 0. The molecule has 0 radical (unpaired) electrons. The van der Waals surface area contributed by atoms with Gasteiger partial charge in [0.05, 0.1) is 11.5 Å². The van der Waals surface area contributed by atoms with Gasteiger partial charge in [-0.05, 0) is 30.3 Å². The Morgan fingerprint density at radius 2 is 1.91 bits per heavy atom. The number of hydrogen-bond donors (Lipinski definition) is 1. The number of aliphatic hydroxyl groups is 1. The van der Waals surface area contributed by atoms with Crippen LogP contribution in [0.25, 0.3) is 6.08 Å². The van der Waals surface area contributed by atoms with Crippen LogP contribution < -0.4 is 0 Å². The number of β-amino-alcohol motifs (C(OH)–C–C–N with tert-alkyl or cyclic N) is 1. The van der Waals surface area contributed by atoms with Gasteiger partial charge in [0, 0.05) is 32.7 Å². The van der Waals surface area contributed by atoms with Gasteiger partial charge in [-0.3, -0.25) is 9.69 Å². The zero-order valence-electron chi connectivity index (χ0n) is 13.2. The number of benzene rings is 1. The van der Waals surface area contributed by atoms with E-state index in [1.807, 2.05) is 37.3 Å². The lowest BCUT2D eigenvalue weighted by molar-refractivity contribution is -0.113. The van der Waals surface area contributed by atoms with Gasteiger partial charge >= 0.3 is 0 Å². The number of amidine groups is 1. The average molecular weight is 331 g/mol. The van der Waals surface area contributed by atoms with E-state index in [0.29, 0.717) is 11.4 Å². The predicted octanol–water partition coefficient (Wildman–Crippen LogP) is 1.58. The van der Waals surface area contributed by atoms with Crippen molar-refractivity contribution in [3.05, 3.63) is 40.3 Å². The van der Waals surface area contributed by atoms with Gasteiger partial charge < -0.3 is 10.0 Å². The first-order chi connectivity index (χ1) is 11.2. The van der Waals surface area contributed by atoms with Gasteiger partial charge in [-0.1, -0.05) is 29.8 Å². The van der Waals surface area contributed by atoms with Crippen molar-refractivity contribution in [2.24, 2.45) is 4.99 Å². The van der Waals surface area contributed by atoms with Crippen LogP contribution in [-0.4, -0.2) is 65.3 Å². The summed E-state index contributed by atoms with van der Waals surface area (Å²) in [5.74, 6) is -0.150. The van der Waals surface area contributed by atoms with Crippen LogP contribution in [-0.2, 0) is 4.79 Å². The first-order valence-electron chi connectivity index (χ1n) is 7.83. The molecule has 6 heteroatoms. The van der Waals surface area contributed by atoms with Gasteiger partial charge in [0.25, 0.3) is 5.91 Å². The second kappa shape index (κ2) is 7.29.